The molecule has 0 bridgehead atoms. The van der Waals surface area contributed by atoms with E-state index < -0.39 is 12.0 Å². The molecule has 0 radical (unpaired) electrons. The van der Waals surface area contributed by atoms with Gasteiger partial charge in [0.15, 0.2) is 0 Å². The molecule has 0 aromatic carbocycles. The van der Waals surface area contributed by atoms with Gasteiger partial charge in [0.05, 0.1) is 0 Å². The maximum Gasteiger partial charge on any atom is 0.321 e. The van der Waals surface area contributed by atoms with Crippen LogP contribution >= 0.6 is 0 Å². The van der Waals surface area contributed by atoms with E-state index in [9.17, 15) is 4.79 Å². The van der Waals surface area contributed by atoms with Crippen LogP contribution in [0.3, 0.4) is 0 Å². The Kier molecular flexibility index (Phi) is 2.73. The molecule has 15 heavy (non-hydrogen) atoms. The van der Waals surface area contributed by atoms with Gasteiger partial charge in [-0.3, -0.25) is 4.79 Å². The first-order valence-corrected chi connectivity index (χ1v) is 5.73. The monoisotopic (exact) mass is 212 g/mol. The van der Waals surface area contributed by atoms with Gasteiger partial charge < -0.3 is 15.7 Å². The molecular formula is C11H20N2O2. The Balaban J connectivity index is 2.00. The largest absolute Gasteiger partial charge is 0.480 e. The van der Waals surface area contributed by atoms with Crippen molar-refractivity contribution in [3.63, 3.8) is 0 Å². The number of hydrogen-bond donors (Lipinski definition) is 2. The van der Waals surface area contributed by atoms with Gasteiger partial charge in [-0.05, 0) is 57.2 Å². The lowest BCUT2D eigenvalue weighted by Gasteiger charge is -2.36. The van der Waals surface area contributed by atoms with Crippen molar-refractivity contribution in [2.45, 2.75) is 31.7 Å². The van der Waals surface area contributed by atoms with Crippen LogP contribution < -0.4 is 5.73 Å². The van der Waals surface area contributed by atoms with E-state index in [2.05, 4.69) is 11.9 Å². The fraction of sp³-hybridized carbons (Fsp3) is 0.909. The summed E-state index contributed by atoms with van der Waals surface area (Å²) in [7, 11) is 2.12. The van der Waals surface area contributed by atoms with Crippen LogP contribution in [-0.4, -0.2) is 42.2 Å². The highest BCUT2D eigenvalue weighted by Crippen LogP contribution is 2.57. The molecular weight excluding hydrogens is 192 g/mol. The molecule has 0 aromatic heterocycles. The van der Waals surface area contributed by atoms with Gasteiger partial charge >= 0.3 is 5.97 Å². The van der Waals surface area contributed by atoms with Crippen LogP contribution in [0.25, 0.3) is 0 Å². The van der Waals surface area contributed by atoms with Crippen molar-refractivity contribution in [2.75, 3.05) is 20.1 Å². The predicted octanol–water partition coefficient (Wildman–Crippen LogP) is 0.520. The molecule has 1 aliphatic heterocycles. The average Bonchev–Trinajstić information content (AvgIpc) is 2.99. The third-order valence-electron chi connectivity index (χ3n) is 4.24. The van der Waals surface area contributed by atoms with Crippen molar-refractivity contribution >= 4 is 5.97 Å². The minimum absolute atomic E-state index is 0.0624. The second-order valence-electron chi connectivity index (χ2n) is 5.13. The van der Waals surface area contributed by atoms with Crippen LogP contribution in [0.5, 0.6) is 0 Å². The van der Waals surface area contributed by atoms with Crippen LogP contribution in [0.15, 0.2) is 0 Å². The maximum atomic E-state index is 11.0. The zero-order chi connectivity index (χ0) is 11.1. The normalized spacial score (nSPS) is 28.7. The summed E-state index contributed by atoms with van der Waals surface area (Å²) in [6.07, 6.45) is 4.23. The smallest absolute Gasteiger partial charge is 0.321 e. The van der Waals surface area contributed by atoms with Crippen molar-refractivity contribution in [1.82, 2.24) is 4.90 Å². The Labute approximate surface area is 90.4 Å². The molecule has 2 aliphatic rings. The SMILES string of the molecule is CN1CCC(C2(C(N)C(=O)O)CC2)CC1. The Morgan fingerprint density at radius 2 is 2.00 bits per heavy atom. The maximum absolute atomic E-state index is 11.0. The van der Waals surface area contributed by atoms with Crippen molar-refractivity contribution in [3.05, 3.63) is 0 Å². The summed E-state index contributed by atoms with van der Waals surface area (Å²) in [6, 6.07) is -0.647. The molecule has 0 spiro atoms. The summed E-state index contributed by atoms with van der Waals surface area (Å²) in [5, 5.41) is 9.00. The fourth-order valence-electron chi connectivity index (χ4n) is 2.95. The molecule has 4 heteroatoms. The van der Waals surface area contributed by atoms with Crippen molar-refractivity contribution in [3.8, 4) is 0 Å². The molecule has 1 atom stereocenters. The van der Waals surface area contributed by atoms with E-state index >= 15 is 0 Å². The van der Waals surface area contributed by atoms with Gasteiger partial charge in [-0.1, -0.05) is 0 Å². The van der Waals surface area contributed by atoms with E-state index in [1.54, 1.807) is 0 Å². The zero-order valence-corrected chi connectivity index (χ0v) is 9.28. The zero-order valence-electron chi connectivity index (χ0n) is 9.28. The van der Waals surface area contributed by atoms with Crippen molar-refractivity contribution in [1.29, 1.82) is 0 Å². The predicted molar refractivity (Wildman–Crippen MR) is 57.5 cm³/mol. The average molecular weight is 212 g/mol. The summed E-state index contributed by atoms with van der Waals surface area (Å²) in [5.74, 6) is -0.300. The van der Waals surface area contributed by atoms with Crippen LogP contribution in [0.1, 0.15) is 25.7 Å². The number of nitrogens with zero attached hydrogens (tertiary/aromatic N) is 1. The Bertz CT molecular complexity index is 255. The number of nitrogens with two attached hydrogens (primary N) is 1. The van der Waals surface area contributed by atoms with Crippen LogP contribution in [0.2, 0.25) is 0 Å². The molecule has 1 saturated carbocycles. The number of likely N-dealkylation sites (tertiary alicyclic amines) is 1. The molecule has 0 amide bonds. The minimum atomic E-state index is -0.827. The molecule has 1 saturated heterocycles. The Morgan fingerprint density at radius 3 is 2.40 bits per heavy atom. The molecule has 86 valence electrons. The molecule has 1 unspecified atom stereocenters. The molecule has 3 N–H and O–H groups in total. The van der Waals surface area contributed by atoms with Gasteiger partial charge in [-0.25, -0.2) is 0 Å². The summed E-state index contributed by atoms with van der Waals surface area (Å²) < 4.78 is 0. The van der Waals surface area contributed by atoms with Gasteiger partial charge in [0.1, 0.15) is 6.04 Å². The first-order chi connectivity index (χ1) is 7.06. The molecule has 2 rings (SSSR count). The molecule has 1 aliphatic carbocycles. The number of aliphatic carboxylic acids is 1. The van der Waals surface area contributed by atoms with E-state index in [-0.39, 0.29) is 5.41 Å². The third-order valence-corrected chi connectivity index (χ3v) is 4.24. The summed E-state index contributed by atoms with van der Waals surface area (Å²) >= 11 is 0. The third kappa shape index (κ3) is 1.88. The highest BCUT2D eigenvalue weighted by molar-refractivity contribution is 5.75. The summed E-state index contributed by atoms with van der Waals surface area (Å²) in [6.45, 7) is 2.16. The standard InChI is InChI=1S/C11H20N2O2/c1-13-6-2-8(3-7-13)11(4-5-11)9(12)10(14)15/h8-9H,2-7,12H2,1H3,(H,14,15). The van der Waals surface area contributed by atoms with E-state index in [0.29, 0.717) is 5.92 Å². The second kappa shape index (κ2) is 3.76. The Hall–Kier alpha value is -0.610. The van der Waals surface area contributed by atoms with Crippen molar-refractivity contribution < 1.29 is 9.90 Å². The lowest BCUT2D eigenvalue weighted by Crippen LogP contribution is -2.46. The van der Waals surface area contributed by atoms with Crippen molar-refractivity contribution in [2.24, 2.45) is 17.1 Å². The molecule has 4 nitrogen and oxygen atoms in total. The van der Waals surface area contributed by atoms with Crippen LogP contribution in [-0.2, 0) is 4.79 Å². The number of carboxylic acid groups (broad SMARTS) is 1. The number of carbonyl (C=O) groups is 1. The molecule has 1 heterocycles. The van der Waals surface area contributed by atoms with Crippen LogP contribution in [0.4, 0.5) is 0 Å². The van der Waals surface area contributed by atoms with E-state index in [4.69, 9.17) is 10.8 Å². The van der Waals surface area contributed by atoms with Gasteiger partial charge in [0.25, 0.3) is 0 Å². The molecule has 0 aromatic rings. The van der Waals surface area contributed by atoms with E-state index in [0.717, 1.165) is 38.8 Å². The topological polar surface area (TPSA) is 66.6 Å². The van der Waals surface area contributed by atoms with Gasteiger partial charge in [-0.15, -0.1) is 0 Å². The van der Waals surface area contributed by atoms with Gasteiger partial charge in [0, 0.05) is 0 Å². The Morgan fingerprint density at radius 1 is 1.47 bits per heavy atom. The second-order valence-corrected chi connectivity index (χ2v) is 5.13. The highest BCUT2D eigenvalue weighted by atomic mass is 16.4. The van der Waals surface area contributed by atoms with E-state index in [1.165, 1.54) is 0 Å². The van der Waals surface area contributed by atoms with E-state index in [1.807, 2.05) is 0 Å². The lowest BCUT2D eigenvalue weighted by molar-refractivity contribution is -0.141. The number of carboxylic acids is 1. The number of piperidine rings is 1. The first kappa shape index (κ1) is 10.9. The quantitative estimate of drug-likeness (QED) is 0.715. The number of hydrogen-bond acceptors (Lipinski definition) is 3. The first-order valence-electron chi connectivity index (χ1n) is 5.73. The molecule has 2 fully saturated rings. The van der Waals surface area contributed by atoms with Gasteiger partial charge in [0.2, 0.25) is 0 Å². The highest BCUT2D eigenvalue weighted by Gasteiger charge is 2.55. The summed E-state index contributed by atoms with van der Waals surface area (Å²) in [5.41, 5.74) is 5.75. The summed E-state index contributed by atoms with van der Waals surface area (Å²) in [4.78, 5) is 13.3. The fourth-order valence-corrected chi connectivity index (χ4v) is 2.95. The number of rotatable bonds is 3. The lowest BCUT2D eigenvalue weighted by atomic mass is 9.77. The van der Waals surface area contributed by atoms with Crippen LogP contribution in [0, 0.1) is 11.3 Å². The minimum Gasteiger partial charge on any atom is -0.480 e. The van der Waals surface area contributed by atoms with Gasteiger partial charge in [-0.2, -0.15) is 0 Å².